The van der Waals surface area contributed by atoms with E-state index in [-0.39, 0.29) is 24.7 Å². The van der Waals surface area contributed by atoms with Crippen LogP contribution >= 0.6 is 0 Å². The van der Waals surface area contributed by atoms with Crippen LogP contribution in [0.4, 0.5) is 0 Å². The molecule has 1 heterocycles. The van der Waals surface area contributed by atoms with E-state index in [9.17, 15) is 9.59 Å². The summed E-state index contributed by atoms with van der Waals surface area (Å²) in [5.41, 5.74) is 1.01. The summed E-state index contributed by atoms with van der Waals surface area (Å²) in [6, 6.07) is 4.14. The molecular formula is C14H18N2O3. The Morgan fingerprint density at radius 2 is 2.21 bits per heavy atom. The van der Waals surface area contributed by atoms with Crippen LogP contribution in [0.2, 0.25) is 0 Å². The van der Waals surface area contributed by atoms with Gasteiger partial charge in [0.25, 0.3) is 0 Å². The van der Waals surface area contributed by atoms with Crippen molar-refractivity contribution < 1.29 is 14.3 Å². The molecule has 0 aromatic carbocycles. The molecule has 0 aliphatic heterocycles. The number of rotatable bonds is 6. The van der Waals surface area contributed by atoms with Crippen LogP contribution in [0.5, 0.6) is 0 Å². The minimum atomic E-state index is -0.342. The smallest absolute Gasteiger partial charge is 0.306 e. The summed E-state index contributed by atoms with van der Waals surface area (Å²) in [5.74, 6) is -0.331. The van der Waals surface area contributed by atoms with Gasteiger partial charge in [-0.25, -0.2) is 0 Å². The average molecular weight is 262 g/mol. The van der Waals surface area contributed by atoms with E-state index in [0.29, 0.717) is 12.6 Å². The molecule has 1 aliphatic carbocycles. The molecule has 0 bridgehead atoms. The highest BCUT2D eigenvalue weighted by molar-refractivity contribution is 5.81. The first kappa shape index (κ1) is 13.5. The maximum Gasteiger partial charge on any atom is 0.306 e. The number of ether oxygens (including phenoxy) is 1. The van der Waals surface area contributed by atoms with Gasteiger partial charge < -0.3 is 9.64 Å². The summed E-state index contributed by atoms with van der Waals surface area (Å²) in [4.78, 5) is 29.1. The van der Waals surface area contributed by atoms with Gasteiger partial charge in [-0.15, -0.1) is 0 Å². The number of nitrogens with zero attached hydrogens (tertiary/aromatic N) is 2. The maximum absolute atomic E-state index is 12.1. The monoisotopic (exact) mass is 262 g/mol. The first-order valence-corrected chi connectivity index (χ1v) is 6.46. The Hall–Kier alpha value is -1.91. The fourth-order valence-corrected chi connectivity index (χ4v) is 1.95. The van der Waals surface area contributed by atoms with Gasteiger partial charge in [-0.05, 0) is 24.5 Å². The summed E-state index contributed by atoms with van der Waals surface area (Å²) < 4.78 is 4.56. The molecule has 0 radical (unpaired) electrons. The van der Waals surface area contributed by atoms with Crippen LogP contribution in [0.25, 0.3) is 0 Å². The van der Waals surface area contributed by atoms with Crippen molar-refractivity contribution in [1.82, 2.24) is 9.88 Å². The van der Waals surface area contributed by atoms with Crippen molar-refractivity contribution in [2.75, 3.05) is 7.11 Å². The van der Waals surface area contributed by atoms with E-state index in [4.69, 9.17) is 0 Å². The average Bonchev–Trinajstić information content (AvgIpc) is 3.27. The lowest BCUT2D eigenvalue weighted by Gasteiger charge is -2.22. The Labute approximate surface area is 112 Å². The van der Waals surface area contributed by atoms with Crippen LogP contribution in [-0.2, 0) is 20.9 Å². The fraction of sp³-hybridized carbons (Fsp3) is 0.500. The molecule has 2 rings (SSSR count). The molecule has 0 saturated heterocycles. The molecule has 1 aromatic heterocycles. The molecule has 1 amide bonds. The third kappa shape index (κ3) is 4.05. The first-order valence-electron chi connectivity index (χ1n) is 6.46. The molecule has 5 heteroatoms. The molecule has 0 unspecified atom stereocenters. The highest BCUT2D eigenvalue weighted by Crippen LogP contribution is 2.29. The minimum absolute atomic E-state index is 0.0109. The molecule has 1 aromatic rings. The summed E-state index contributed by atoms with van der Waals surface area (Å²) >= 11 is 0. The van der Waals surface area contributed by atoms with E-state index in [1.165, 1.54) is 7.11 Å². The molecule has 1 saturated carbocycles. The van der Waals surface area contributed by atoms with Gasteiger partial charge in [0.1, 0.15) is 0 Å². The summed E-state index contributed by atoms with van der Waals surface area (Å²) in [6.07, 6.45) is 5.93. The Morgan fingerprint density at radius 1 is 1.42 bits per heavy atom. The predicted molar refractivity (Wildman–Crippen MR) is 69.1 cm³/mol. The third-order valence-electron chi connectivity index (χ3n) is 3.15. The standard InChI is InChI=1S/C14H18N2O3/c1-19-14(18)7-6-13(17)16(12-4-5-12)10-11-3-2-8-15-9-11/h2-3,8-9,12H,4-7,10H2,1H3. The van der Waals surface area contributed by atoms with Gasteiger partial charge in [-0.1, -0.05) is 6.07 Å². The number of carbonyl (C=O) groups excluding carboxylic acids is 2. The van der Waals surface area contributed by atoms with Crippen molar-refractivity contribution in [3.8, 4) is 0 Å². The van der Waals surface area contributed by atoms with Crippen molar-refractivity contribution >= 4 is 11.9 Å². The number of amides is 1. The van der Waals surface area contributed by atoms with Gasteiger partial charge in [0.05, 0.1) is 13.5 Å². The van der Waals surface area contributed by atoms with Crippen molar-refractivity contribution in [1.29, 1.82) is 0 Å². The molecule has 1 aliphatic rings. The highest BCUT2D eigenvalue weighted by Gasteiger charge is 2.32. The van der Waals surface area contributed by atoms with Gasteiger partial charge in [-0.3, -0.25) is 14.6 Å². The van der Waals surface area contributed by atoms with Crippen LogP contribution in [0.3, 0.4) is 0 Å². The number of pyridine rings is 1. The van der Waals surface area contributed by atoms with Gasteiger partial charge in [0, 0.05) is 31.4 Å². The normalized spacial score (nSPS) is 13.9. The number of esters is 1. The summed E-state index contributed by atoms with van der Waals surface area (Å²) in [5, 5.41) is 0. The molecule has 5 nitrogen and oxygen atoms in total. The number of hydrogen-bond acceptors (Lipinski definition) is 4. The predicted octanol–water partition coefficient (Wildman–Crippen LogP) is 1.53. The van der Waals surface area contributed by atoms with E-state index in [1.807, 2.05) is 17.0 Å². The molecular weight excluding hydrogens is 244 g/mol. The lowest BCUT2D eigenvalue weighted by Crippen LogP contribution is -2.32. The van der Waals surface area contributed by atoms with E-state index in [2.05, 4.69) is 9.72 Å². The zero-order chi connectivity index (χ0) is 13.7. The quantitative estimate of drug-likeness (QED) is 0.729. The van der Waals surface area contributed by atoms with Crippen LogP contribution in [-0.4, -0.2) is 34.9 Å². The first-order chi connectivity index (χ1) is 9.20. The maximum atomic E-state index is 12.1. The molecule has 19 heavy (non-hydrogen) atoms. The Balaban J connectivity index is 1.92. The van der Waals surface area contributed by atoms with Crippen LogP contribution in [0.1, 0.15) is 31.2 Å². The number of hydrogen-bond donors (Lipinski definition) is 0. The summed E-state index contributed by atoms with van der Waals surface area (Å²) in [6.45, 7) is 0.568. The topological polar surface area (TPSA) is 59.5 Å². The SMILES string of the molecule is COC(=O)CCC(=O)N(Cc1cccnc1)C1CC1. The van der Waals surface area contributed by atoms with E-state index in [1.54, 1.807) is 12.4 Å². The second-order valence-corrected chi connectivity index (χ2v) is 4.69. The number of aromatic nitrogens is 1. The van der Waals surface area contributed by atoms with Crippen molar-refractivity contribution in [2.45, 2.75) is 38.3 Å². The second-order valence-electron chi connectivity index (χ2n) is 4.69. The zero-order valence-corrected chi connectivity index (χ0v) is 11.0. The fourth-order valence-electron chi connectivity index (χ4n) is 1.95. The third-order valence-corrected chi connectivity index (χ3v) is 3.15. The summed E-state index contributed by atoms with van der Waals surface area (Å²) in [7, 11) is 1.33. The van der Waals surface area contributed by atoms with Gasteiger partial charge in [0.15, 0.2) is 0 Å². The van der Waals surface area contributed by atoms with E-state index in [0.717, 1.165) is 18.4 Å². The highest BCUT2D eigenvalue weighted by atomic mass is 16.5. The number of carbonyl (C=O) groups is 2. The van der Waals surface area contributed by atoms with Crippen molar-refractivity contribution in [2.24, 2.45) is 0 Å². The minimum Gasteiger partial charge on any atom is -0.469 e. The van der Waals surface area contributed by atoms with Crippen LogP contribution in [0, 0.1) is 0 Å². The Kier molecular flexibility index (Phi) is 4.49. The van der Waals surface area contributed by atoms with E-state index < -0.39 is 0 Å². The van der Waals surface area contributed by atoms with Gasteiger partial charge in [0.2, 0.25) is 5.91 Å². The molecule has 0 spiro atoms. The molecule has 1 fully saturated rings. The van der Waals surface area contributed by atoms with Gasteiger partial charge >= 0.3 is 5.97 Å². The van der Waals surface area contributed by atoms with Crippen molar-refractivity contribution in [3.63, 3.8) is 0 Å². The Bertz CT molecular complexity index is 443. The molecule has 0 N–H and O–H groups in total. The zero-order valence-electron chi connectivity index (χ0n) is 11.0. The van der Waals surface area contributed by atoms with Gasteiger partial charge in [-0.2, -0.15) is 0 Å². The molecule has 0 atom stereocenters. The largest absolute Gasteiger partial charge is 0.469 e. The van der Waals surface area contributed by atoms with Crippen LogP contribution in [0.15, 0.2) is 24.5 Å². The van der Waals surface area contributed by atoms with Crippen LogP contribution < -0.4 is 0 Å². The lowest BCUT2D eigenvalue weighted by molar-refractivity contribution is -0.143. The second kappa shape index (κ2) is 6.31. The van der Waals surface area contributed by atoms with E-state index >= 15 is 0 Å². The Morgan fingerprint density at radius 3 is 2.79 bits per heavy atom. The molecule has 102 valence electrons. The lowest BCUT2D eigenvalue weighted by atomic mass is 10.2. The number of methoxy groups -OCH3 is 1. The van der Waals surface area contributed by atoms with Crippen molar-refractivity contribution in [3.05, 3.63) is 30.1 Å².